The summed E-state index contributed by atoms with van der Waals surface area (Å²) in [5.74, 6) is 0.256. The number of nitrogens with zero attached hydrogens (tertiary/aromatic N) is 1. The van der Waals surface area contributed by atoms with Crippen molar-refractivity contribution in [3.63, 3.8) is 0 Å². The summed E-state index contributed by atoms with van der Waals surface area (Å²) in [5.41, 5.74) is 1.45. The standard InChI is InChI=1S/C24H16Cl4N2O3/c1-32-21-8-5-14(10-22(21)33-13-15-6-7-17(25)11-19(15)27)9-16(12-29)24(31)30-20-4-2-3-18(26)23(20)28/h2-11H,13H2,1H3,(H,30,31)/b16-9+. The van der Waals surface area contributed by atoms with Gasteiger partial charge in [-0.25, -0.2) is 0 Å². The maximum atomic E-state index is 12.6. The van der Waals surface area contributed by atoms with Crippen molar-refractivity contribution in [2.75, 3.05) is 12.4 Å². The van der Waals surface area contributed by atoms with E-state index in [0.29, 0.717) is 32.8 Å². The molecule has 0 bridgehead atoms. The normalized spacial score (nSPS) is 11.0. The van der Waals surface area contributed by atoms with Crippen LogP contribution in [0.15, 0.2) is 60.2 Å². The van der Waals surface area contributed by atoms with Crippen LogP contribution >= 0.6 is 46.4 Å². The molecule has 0 radical (unpaired) electrons. The number of amides is 1. The Morgan fingerprint density at radius 2 is 1.82 bits per heavy atom. The number of hydrogen-bond donors (Lipinski definition) is 1. The number of ether oxygens (including phenoxy) is 2. The van der Waals surface area contributed by atoms with Crippen molar-refractivity contribution in [2.45, 2.75) is 6.61 Å². The summed E-state index contributed by atoms with van der Waals surface area (Å²) < 4.78 is 11.2. The molecular weight excluding hydrogens is 506 g/mol. The van der Waals surface area contributed by atoms with E-state index in [2.05, 4.69) is 5.32 Å². The molecule has 1 N–H and O–H groups in total. The van der Waals surface area contributed by atoms with Gasteiger partial charge in [0.05, 0.1) is 22.8 Å². The number of hydrogen-bond acceptors (Lipinski definition) is 4. The summed E-state index contributed by atoms with van der Waals surface area (Å²) in [7, 11) is 1.51. The van der Waals surface area contributed by atoms with Gasteiger partial charge >= 0.3 is 0 Å². The number of halogens is 4. The number of anilines is 1. The maximum absolute atomic E-state index is 12.6. The van der Waals surface area contributed by atoms with Crippen molar-refractivity contribution >= 4 is 64.1 Å². The average Bonchev–Trinajstić information content (AvgIpc) is 2.80. The highest BCUT2D eigenvalue weighted by Gasteiger charge is 2.14. The molecule has 0 aromatic heterocycles. The summed E-state index contributed by atoms with van der Waals surface area (Å²) in [5, 5.41) is 13.6. The van der Waals surface area contributed by atoms with Crippen LogP contribution in [0.4, 0.5) is 5.69 Å². The van der Waals surface area contributed by atoms with E-state index in [-0.39, 0.29) is 22.2 Å². The summed E-state index contributed by atoms with van der Waals surface area (Å²) >= 11 is 24.2. The van der Waals surface area contributed by atoms with Gasteiger partial charge in [-0.05, 0) is 48.0 Å². The molecule has 9 heteroatoms. The molecule has 5 nitrogen and oxygen atoms in total. The van der Waals surface area contributed by atoms with Crippen LogP contribution in [0.25, 0.3) is 6.08 Å². The Kier molecular flexibility index (Phi) is 8.49. The van der Waals surface area contributed by atoms with E-state index in [4.69, 9.17) is 55.9 Å². The van der Waals surface area contributed by atoms with Gasteiger partial charge in [-0.2, -0.15) is 5.26 Å². The zero-order chi connectivity index (χ0) is 24.0. The third kappa shape index (κ3) is 6.34. The minimum Gasteiger partial charge on any atom is -0.493 e. The van der Waals surface area contributed by atoms with Crippen molar-refractivity contribution in [1.82, 2.24) is 0 Å². The van der Waals surface area contributed by atoms with Crippen LogP contribution < -0.4 is 14.8 Å². The first kappa shape index (κ1) is 24.8. The lowest BCUT2D eigenvalue weighted by Gasteiger charge is -2.13. The largest absolute Gasteiger partial charge is 0.493 e. The molecule has 0 aliphatic carbocycles. The Bertz CT molecular complexity index is 1270. The van der Waals surface area contributed by atoms with E-state index in [1.54, 1.807) is 54.6 Å². The van der Waals surface area contributed by atoms with Crippen LogP contribution in [-0.2, 0) is 11.4 Å². The summed E-state index contributed by atoms with van der Waals surface area (Å²) in [6.07, 6.45) is 1.43. The Morgan fingerprint density at radius 3 is 2.52 bits per heavy atom. The monoisotopic (exact) mass is 520 g/mol. The van der Waals surface area contributed by atoms with Gasteiger partial charge < -0.3 is 14.8 Å². The van der Waals surface area contributed by atoms with E-state index >= 15 is 0 Å². The quantitative estimate of drug-likeness (QED) is 0.259. The summed E-state index contributed by atoms with van der Waals surface area (Å²) in [4.78, 5) is 12.6. The Labute approximate surface area is 211 Å². The number of carbonyl (C=O) groups is 1. The molecule has 0 spiro atoms. The number of benzene rings is 3. The first-order valence-corrected chi connectivity index (χ1v) is 11.0. The molecule has 0 fully saturated rings. The minimum atomic E-state index is -0.632. The van der Waals surface area contributed by atoms with Crippen molar-refractivity contribution in [1.29, 1.82) is 5.26 Å². The highest BCUT2D eigenvalue weighted by atomic mass is 35.5. The van der Waals surface area contributed by atoms with Crippen LogP contribution in [0.3, 0.4) is 0 Å². The molecule has 1 amide bonds. The predicted octanol–water partition coefficient (Wildman–Crippen LogP) is 7.43. The number of rotatable bonds is 7. The van der Waals surface area contributed by atoms with E-state index < -0.39 is 5.91 Å². The second-order valence-corrected chi connectivity index (χ2v) is 8.29. The molecule has 0 atom stereocenters. The lowest BCUT2D eigenvalue weighted by atomic mass is 10.1. The fraction of sp³-hybridized carbons (Fsp3) is 0.0833. The zero-order valence-electron chi connectivity index (χ0n) is 17.2. The van der Waals surface area contributed by atoms with E-state index in [1.165, 1.54) is 13.2 Å². The SMILES string of the molecule is COc1ccc(/C=C(\C#N)C(=O)Nc2cccc(Cl)c2Cl)cc1OCc1ccc(Cl)cc1Cl. The number of carbonyl (C=O) groups excluding carboxylic acids is 1. The van der Waals surface area contributed by atoms with E-state index in [1.807, 2.05) is 6.07 Å². The van der Waals surface area contributed by atoms with Crippen LogP contribution in [-0.4, -0.2) is 13.0 Å². The van der Waals surface area contributed by atoms with Crippen molar-refractivity contribution in [2.24, 2.45) is 0 Å². The average molecular weight is 522 g/mol. The highest BCUT2D eigenvalue weighted by molar-refractivity contribution is 6.44. The molecule has 0 unspecified atom stereocenters. The van der Waals surface area contributed by atoms with Gasteiger partial charge in [0.15, 0.2) is 11.5 Å². The van der Waals surface area contributed by atoms with Crippen LogP contribution in [0.1, 0.15) is 11.1 Å². The fourth-order valence-corrected chi connectivity index (χ4v) is 3.61. The number of nitriles is 1. The Balaban J connectivity index is 1.83. The third-order valence-corrected chi connectivity index (χ3v) is 5.87. The smallest absolute Gasteiger partial charge is 0.266 e. The lowest BCUT2D eigenvalue weighted by Crippen LogP contribution is -2.13. The molecule has 3 aromatic rings. The van der Waals surface area contributed by atoms with Crippen LogP contribution in [0, 0.1) is 11.3 Å². The Morgan fingerprint density at radius 1 is 1.03 bits per heavy atom. The van der Waals surface area contributed by atoms with Gasteiger partial charge in [0.25, 0.3) is 5.91 Å². The van der Waals surface area contributed by atoms with Gasteiger partial charge in [-0.15, -0.1) is 0 Å². The first-order chi connectivity index (χ1) is 15.8. The Hall–Kier alpha value is -2.88. The minimum absolute atomic E-state index is 0.136. The zero-order valence-corrected chi connectivity index (χ0v) is 20.2. The van der Waals surface area contributed by atoms with Crippen molar-refractivity contribution in [3.8, 4) is 17.6 Å². The van der Waals surface area contributed by atoms with Gasteiger partial charge in [0.2, 0.25) is 0 Å². The maximum Gasteiger partial charge on any atom is 0.266 e. The molecule has 3 rings (SSSR count). The molecule has 0 aliphatic heterocycles. The van der Waals surface area contributed by atoms with Crippen molar-refractivity contribution < 1.29 is 14.3 Å². The molecular formula is C24H16Cl4N2O3. The fourth-order valence-electron chi connectivity index (χ4n) is 2.80. The van der Waals surface area contributed by atoms with Gasteiger partial charge in [-0.3, -0.25) is 4.79 Å². The molecule has 0 heterocycles. The van der Waals surface area contributed by atoms with E-state index in [9.17, 15) is 10.1 Å². The number of methoxy groups -OCH3 is 1. The molecule has 168 valence electrons. The summed E-state index contributed by atoms with van der Waals surface area (Å²) in [6.45, 7) is 0.165. The molecule has 3 aromatic carbocycles. The molecule has 0 saturated heterocycles. The van der Waals surface area contributed by atoms with Gasteiger partial charge in [0.1, 0.15) is 18.2 Å². The van der Waals surface area contributed by atoms with Crippen molar-refractivity contribution in [3.05, 3.63) is 91.4 Å². The van der Waals surface area contributed by atoms with Gasteiger partial charge in [-0.1, -0.05) is 64.6 Å². The van der Waals surface area contributed by atoms with Crippen LogP contribution in [0.5, 0.6) is 11.5 Å². The predicted molar refractivity (Wildman–Crippen MR) is 132 cm³/mol. The first-order valence-electron chi connectivity index (χ1n) is 9.44. The topological polar surface area (TPSA) is 71.3 Å². The molecule has 0 aliphatic rings. The molecule has 0 saturated carbocycles. The third-order valence-electron chi connectivity index (χ3n) is 4.46. The summed E-state index contributed by atoms with van der Waals surface area (Å²) in [6, 6.07) is 16.8. The lowest BCUT2D eigenvalue weighted by molar-refractivity contribution is -0.112. The highest BCUT2D eigenvalue weighted by Crippen LogP contribution is 2.32. The van der Waals surface area contributed by atoms with Gasteiger partial charge in [0, 0.05) is 15.6 Å². The second kappa shape index (κ2) is 11.3. The van der Waals surface area contributed by atoms with Crippen LogP contribution in [0.2, 0.25) is 20.1 Å². The molecule has 33 heavy (non-hydrogen) atoms. The number of nitrogens with one attached hydrogen (secondary N) is 1. The van der Waals surface area contributed by atoms with E-state index in [0.717, 1.165) is 5.56 Å². The second-order valence-electron chi connectivity index (χ2n) is 6.66.